The summed E-state index contributed by atoms with van der Waals surface area (Å²) in [7, 11) is 0. The summed E-state index contributed by atoms with van der Waals surface area (Å²) in [6.45, 7) is 6.22. The van der Waals surface area contributed by atoms with Gasteiger partial charge in [0.15, 0.2) is 0 Å². The van der Waals surface area contributed by atoms with Crippen molar-refractivity contribution in [1.29, 1.82) is 0 Å². The molecule has 0 heterocycles. The third-order valence-electron chi connectivity index (χ3n) is 2.98. The summed E-state index contributed by atoms with van der Waals surface area (Å²) in [4.78, 5) is 12.0. The number of anilines is 2. The molecule has 24 heavy (non-hydrogen) atoms. The molecule has 0 aliphatic heterocycles. The van der Waals surface area contributed by atoms with Crippen LogP contribution in [0.25, 0.3) is 0 Å². The van der Waals surface area contributed by atoms with Crippen LogP contribution in [0.1, 0.15) is 6.92 Å². The van der Waals surface area contributed by atoms with E-state index in [1.807, 2.05) is 19.1 Å². The van der Waals surface area contributed by atoms with Gasteiger partial charge in [-0.05, 0) is 42.8 Å². The molecule has 0 unspecified atom stereocenters. The van der Waals surface area contributed by atoms with E-state index < -0.39 is 0 Å². The fourth-order valence-electron chi connectivity index (χ4n) is 1.86. The normalized spacial score (nSPS) is 10.1. The lowest BCUT2D eigenvalue weighted by Gasteiger charge is -2.10. The Bertz CT molecular complexity index is 748. The summed E-state index contributed by atoms with van der Waals surface area (Å²) in [5.41, 5.74) is 2.31. The summed E-state index contributed by atoms with van der Waals surface area (Å²) in [6, 6.07) is 12.3. The second-order valence-electron chi connectivity index (χ2n) is 5.30. The van der Waals surface area contributed by atoms with Crippen LogP contribution < -0.4 is 15.4 Å². The molecule has 0 bridgehead atoms. The predicted octanol–water partition coefficient (Wildman–Crippen LogP) is 5.00. The van der Waals surface area contributed by atoms with Crippen molar-refractivity contribution in [3.63, 3.8) is 0 Å². The second-order valence-corrected chi connectivity index (χ2v) is 6.12. The topological polar surface area (TPSA) is 50.4 Å². The molecule has 0 saturated carbocycles. The van der Waals surface area contributed by atoms with E-state index in [2.05, 4.69) is 17.2 Å². The predicted molar refractivity (Wildman–Crippen MR) is 100 cm³/mol. The largest absolute Gasteiger partial charge is 0.489 e. The van der Waals surface area contributed by atoms with E-state index in [-0.39, 0.29) is 12.5 Å². The molecule has 126 valence electrons. The molecule has 2 rings (SSSR count). The van der Waals surface area contributed by atoms with E-state index >= 15 is 0 Å². The molecule has 0 fully saturated rings. The van der Waals surface area contributed by atoms with Crippen LogP contribution in [0.2, 0.25) is 10.0 Å². The number of hydrogen-bond donors (Lipinski definition) is 2. The Hall–Kier alpha value is -2.17. The van der Waals surface area contributed by atoms with Crippen molar-refractivity contribution >= 4 is 40.5 Å². The van der Waals surface area contributed by atoms with Gasteiger partial charge >= 0.3 is 0 Å². The maximum absolute atomic E-state index is 12.0. The monoisotopic (exact) mass is 364 g/mol. The van der Waals surface area contributed by atoms with Gasteiger partial charge in [0.2, 0.25) is 5.91 Å². The second kappa shape index (κ2) is 8.62. The van der Waals surface area contributed by atoms with E-state index in [1.54, 1.807) is 30.3 Å². The van der Waals surface area contributed by atoms with Gasteiger partial charge in [0, 0.05) is 17.4 Å². The van der Waals surface area contributed by atoms with E-state index in [0.29, 0.717) is 28.1 Å². The van der Waals surface area contributed by atoms with Crippen LogP contribution in [0.3, 0.4) is 0 Å². The number of nitrogens with one attached hydrogen (secondary N) is 2. The molecule has 0 radical (unpaired) electrons. The number of ether oxygens (including phenoxy) is 1. The molecule has 0 atom stereocenters. The minimum atomic E-state index is -0.182. The fourth-order valence-corrected chi connectivity index (χ4v) is 2.16. The lowest BCUT2D eigenvalue weighted by atomic mass is 10.3. The van der Waals surface area contributed by atoms with Crippen LogP contribution in [0.5, 0.6) is 5.75 Å². The molecular formula is C18H18Cl2N2O2. The van der Waals surface area contributed by atoms with Gasteiger partial charge in [-0.3, -0.25) is 4.79 Å². The summed E-state index contributed by atoms with van der Waals surface area (Å²) in [6.07, 6.45) is 0. The zero-order chi connectivity index (χ0) is 17.5. The maximum atomic E-state index is 12.0. The highest BCUT2D eigenvalue weighted by atomic mass is 35.5. The average Bonchev–Trinajstić information content (AvgIpc) is 2.54. The van der Waals surface area contributed by atoms with Gasteiger partial charge in [0.25, 0.3) is 0 Å². The number of benzene rings is 2. The number of halogens is 2. The molecule has 0 spiro atoms. The highest BCUT2D eigenvalue weighted by Gasteiger charge is 2.05. The van der Waals surface area contributed by atoms with Gasteiger partial charge in [0.05, 0.1) is 16.6 Å². The van der Waals surface area contributed by atoms with Crippen LogP contribution in [-0.2, 0) is 4.79 Å². The van der Waals surface area contributed by atoms with Crippen molar-refractivity contribution in [3.05, 3.63) is 64.7 Å². The van der Waals surface area contributed by atoms with Crippen molar-refractivity contribution in [2.75, 3.05) is 23.8 Å². The van der Waals surface area contributed by atoms with E-state index in [9.17, 15) is 4.79 Å². The first-order chi connectivity index (χ1) is 11.4. The van der Waals surface area contributed by atoms with E-state index in [0.717, 1.165) is 11.3 Å². The number of amides is 1. The Morgan fingerprint density at radius 3 is 2.62 bits per heavy atom. The summed E-state index contributed by atoms with van der Waals surface area (Å²) in [5.74, 6) is 0.492. The molecular weight excluding hydrogens is 347 g/mol. The van der Waals surface area contributed by atoms with Gasteiger partial charge in [0.1, 0.15) is 12.4 Å². The molecule has 6 heteroatoms. The lowest BCUT2D eigenvalue weighted by molar-refractivity contribution is -0.114. The summed E-state index contributed by atoms with van der Waals surface area (Å²) >= 11 is 11.8. The van der Waals surface area contributed by atoms with Crippen molar-refractivity contribution < 1.29 is 9.53 Å². The van der Waals surface area contributed by atoms with Crippen LogP contribution in [0, 0.1) is 0 Å². The molecule has 2 aromatic rings. The number of rotatable bonds is 7. The first kappa shape index (κ1) is 18.2. The molecule has 0 aromatic heterocycles. The Morgan fingerprint density at radius 1 is 1.12 bits per heavy atom. The Balaban J connectivity index is 1.88. The Morgan fingerprint density at radius 2 is 1.92 bits per heavy atom. The van der Waals surface area contributed by atoms with Crippen LogP contribution in [0.4, 0.5) is 11.4 Å². The summed E-state index contributed by atoms with van der Waals surface area (Å²) < 4.78 is 5.55. The Labute approximate surface area is 151 Å². The lowest BCUT2D eigenvalue weighted by Crippen LogP contribution is -2.21. The number of carbonyl (C=O) groups excluding carboxylic acids is 1. The van der Waals surface area contributed by atoms with Crippen LogP contribution in [0.15, 0.2) is 54.6 Å². The van der Waals surface area contributed by atoms with Crippen LogP contribution in [-0.4, -0.2) is 19.1 Å². The first-order valence-electron chi connectivity index (χ1n) is 7.30. The third-order valence-corrected chi connectivity index (χ3v) is 3.71. The number of hydrogen-bond acceptors (Lipinski definition) is 3. The van der Waals surface area contributed by atoms with Gasteiger partial charge in [-0.15, -0.1) is 0 Å². The van der Waals surface area contributed by atoms with E-state index in [1.165, 1.54) is 0 Å². The maximum Gasteiger partial charge on any atom is 0.243 e. The minimum absolute atomic E-state index is 0.106. The highest BCUT2D eigenvalue weighted by Crippen LogP contribution is 2.25. The average molecular weight is 365 g/mol. The fraction of sp³-hybridized carbons (Fsp3) is 0.167. The number of carbonyl (C=O) groups is 1. The van der Waals surface area contributed by atoms with Gasteiger partial charge in [-0.1, -0.05) is 35.8 Å². The quantitative estimate of drug-likeness (QED) is 0.679. The van der Waals surface area contributed by atoms with Crippen molar-refractivity contribution in [2.45, 2.75) is 6.92 Å². The first-order valence-corrected chi connectivity index (χ1v) is 8.05. The zero-order valence-electron chi connectivity index (χ0n) is 13.2. The minimum Gasteiger partial charge on any atom is -0.489 e. The molecule has 1 amide bonds. The smallest absolute Gasteiger partial charge is 0.243 e. The van der Waals surface area contributed by atoms with Crippen molar-refractivity contribution in [1.82, 2.24) is 0 Å². The van der Waals surface area contributed by atoms with E-state index in [4.69, 9.17) is 27.9 Å². The molecule has 2 aromatic carbocycles. The molecule has 0 aliphatic carbocycles. The van der Waals surface area contributed by atoms with Gasteiger partial charge in [-0.2, -0.15) is 0 Å². The van der Waals surface area contributed by atoms with Crippen molar-refractivity contribution in [2.24, 2.45) is 0 Å². The SMILES string of the molecule is C=C(C)COc1cccc(NC(=O)CNc2ccc(Cl)c(Cl)c2)c1. The van der Waals surface area contributed by atoms with Gasteiger partial charge < -0.3 is 15.4 Å². The molecule has 0 aliphatic rings. The van der Waals surface area contributed by atoms with Gasteiger partial charge in [-0.25, -0.2) is 0 Å². The molecule has 2 N–H and O–H groups in total. The standard InChI is InChI=1S/C18H18Cl2N2O2/c1-12(2)11-24-15-5-3-4-14(8-15)22-18(23)10-21-13-6-7-16(19)17(20)9-13/h3-9,21H,1,10-11H2,2H3,(H,22,23). The molecule has 0 saturated heterocycles. The summed E-state index contributed by atoms with van der Waals surface area (Å²) in [5, 5.41) is 6.70. The zero-order valence-corrected chi connectivity index (χ0v) is 14.7. The van der Waals surface area contributed by atoms with Crippen LogP contribution >= 0.6 is 23.2 Å². The Kier molecular flexibility index (Phi) is 6.53. The third kappa shape index (κ3) is 5.80. The highest BCUT2D eigenvalue weighted by molar-refractivity contribution is 6.42. The molecule has 4 nitrogen and oxygen atoms in total. The van der Waals surface area contributed by atoms with Crippen molar-refractivity contribution in [3.8, 4) is 5.75 Å².